The molecule has 1 aromatic heterocycles. The lowest BCUT2D eigenvalue weighted by Gasteiger charge is -2.15. The third-order valence-corrected chi connectivity index (χ3v) is 4.53. The predicted octanol–water partition coefficient (Wildman–Crippen LogP) is 2.71. The zero-order chi connectivity index (χ0) is 13.9. The molecule has 1 aliphatic heterocycles. The normalized spacial score (nSPS) is 15.7. The number of ether oxygens (including phenoxy) is 1. The number of benzene rings is 1. The maximum absolute atomic E-state index is 11.8. The van der Waals surface area contributed by atoms with E-state index in [2.05, 4.69) is 9.88 Å². The number of nitrogens with zero attached hydrogens (tertiary/aromatic N) is 1. The van der Waals surface area contributed by atoms with Crippen LogP contribution in [0.15, 0.2) is 29.1 Å². The fourth-order valence-electron chi connectivity index (χ4n) is 2.68. The molecule has 1 aliphatic rings. The van der Waals surface area contributed by atoms with Crippen molar-refractivity contribution in [1.29, 1.82) is 0 Å². The SMILES string of the molecule is COc1ccccc1-c1[nH]c(=O)sc1CN1CCCC1. The van der Waals surface area contributed by atoms with Crippen molar-refractivity contribution in [2.75, 3.05) is 20.2 Å². The number of likely N-dealkylation sites (tertiary alicyclic amines) is 1. The van der Waals surface area contributed by atoms with Gasteiger partial charge in [0.25, 0.3) is 0 Å². The molecule has 20 heavy (non-hydrogen) atoms. The van der Waals surface area contributed by atoms with Crippen molar-refractivity contribution in [3.05, 3.63) is 38.8 Å². The molecule has 0 spiro atoms. The van der Waals surface area contributed by atoms with Gasteiger partial charge in [0.05, 0.1) is 12.8 Å². The number of H-pyrrole nitrogens is 1. The van der Waals surface area contributed by atoms with Gasteiger partial charge >= 0.3 is 4.87 Å². The van der Waals surface area contributed by atoms with E-state index in [4.69, 9.17) is 4.74 Å². The number of thiazole rings is 1. The van der Waals surface area contributed by atoms with Crippen molar-refractivity contribution in [2.45, 2.75) is 19.4 Å². The smallest absolute Gasteiger partial charge is 0.305 e. The van der Waals surface area contributed by atoms with Crippen LogP contribution < -0.4 is 9.61 Å². The van der Waals surface area contributed by atoms with Crippen molar-refractivity contribution >= 4 is 11.3 Å². The molecule has 0 radical (unpaired) electrons. The molecule has 0 unspecified atom stereocenters. The Morgan fingerprint density at radius 2 is 2.05 bits per heavy atom. The number of methoxy groups -OCH3 is 1. The van der Waals surface area contributed by atoms with Crippen molar-refractivity contribution in [3.8, 4) is 17.0 Å². The van der Waals surface area contributed by atoms with Crippen LogP contribution in [-0.4, -0.2) is 30.1 Å². The summed E-state index contributed by atoms with van der Waals surface area (Å²) >= 11 is 1.31. The molecule has 0 amide bonds. The average Bonchev–Trinajstić information content (AvgIpc) is 3.09. The molecule has 0 saturated carbocycles. The van der Waals surface area contributed by atoms with E-state index in [1.165, 1.54) is 24.2 Å². The Hall–Kier alpha value is -1.59. The highest BCUT2D eigenvalue weighted by Gasteiger charge is 2.18. The van der Waals surface area contributed by atoms with Crippen LogP contribution in [0.25, 0.3) is 11.3 Å². The highest BCUT2D eigenvalue weighted by atomic mass is 32.1. The van der Waals surface area contributed by atoms with E-state index in [0.717, 1.165) is 41.5 Å². The Morgan fingerprint density at radius 3 is 2.80 bits per heavy atom. The second-order valence-corrected chi connectivity index (χ2v) is 6.06. The minimum Gasteiger partial charge on any atom is -0.496 e. The van der Waals surface area contributed by atoms with Crippen molar-refractivity contribution in [1.82, 2.24) is 9.88 Å². The number of hydrogen-bond donors (Lipinski definition) is 1. The van der Waals surface area contributed by atoms with Gasteiger partial charge in [-0.25, -0.2) is 0 Å². The van der Waals surface area contributed by atoms with Gasteiger partial charge in [-0.3, -0.25) is 9.69 Å². The zero-order valence-corrected chi connectivity index (χ0v) is 12.3. The zero-order valence-electron chi connectivity index (χ0n) is 11.5. The summed E-state index contributed by atoms with van der Waals surface area (Å²) in [5.74, 6) is 0.796. The van der Waals surface area contributed by atoms with Crippen LogP contribution in [0.2, 0.25) is 0 Å². The number of nitrogens with one attached hydrogen (secondary N) is 1. The molecule has 106 valence electrons. The van der Waals surface area contributed by atoms with Crippen molar-refractivity contribution < 1.29 is 4.74 Å². The first kappa shape index (κ1) is 13.4. The van der Waals surface area contributed by atoms with Crippen LogP contribution in [0, 0.1) is 0 Å². The lowest BCUT2D eigenvalue weighted by molar-refractivity contribution is 0.334. The number of aromatic nitrogens is 1. The molecule has 1 N–H and O–H groups in total. The third kappa shape index (κ3) is 2.64. The standard InChI is InChI=1S/C15H18N2O2S/c1-19-12-7-3-2-6-11(12)14-13(20-15(18)16-14)10-17-8-4-5-9-17/h2-3,6-7H,4-5,8-10H2,1H3,(H,16,18). The first-order valence-corrected chi connectivity index (χ1v) is 7.67. The molecule has 4 nitrogen and oxygen atoms in total. The van der Waals surface area contributed by atoms with Crippen LogP contribution >= 0.6 is 11.3 Å². The number of aromatic amines is 1. The lowest BCUT2D eigenvalue weighted by Crippen LogP contribution is -2.18. The summed E-state index contributed by atoms with van der Waals surface area (Å²) in [4.78, 5) is 18.2. The van der Waals surface area contributed by atoms with Crippen molar-refractivity contribution in [2.24, 2.45) is 0 Å². The summed E-state index contributed by atoms with van der Waals surface area (Å²) in [5, 5.41) is 0. The van der Waals surface area contributed by atoms with Gasteiger partial charge in [0.2, 0.25) is 0 Å². The molecule has 1 fully saturated rings. The molecule has 2 heterocycles. The van der Waals surface area contributed by atoms with Gasteiger partial charge in [-0.2, -0.15) is 0 Å². The molecule has 0 bridgehead atoms. The van der Waals surface area contributed by atoms with Crippen molar-refractivity contribution in [3.63, 3.8) is 0 Å². The van der Waals surface area contributed by atoms with E-state index in [1.54, 1.807) is 7.11 Å². The second kappa shape index (κ2) is 5.81. The Kier molecular flexibility index (Phi) is 3.89. The van der Waals surface area contributed by atoms with Gasteiger partial charge in [0.15, 0.2) is 0 Å². The van der Waals surface area contributed by atoms with E-state index >= 15 is 0 Å². The molecule has 0 aliphatic carbocycles. The molecule has 2 aromatic rings. The quantitative estimate of drug-likeness (QED) is 0.941. The summed E-state index contributed by atoms with van der Waals surface area (Å²) in [6.07, 6.45) is 2.51. The van der Waals surface area contributed by atoms with Crippen LogP contribution in [0.3, 0.4) is 0 Å². The number of rotatable bonds is 4. The van der Waals surface area contributed by atoms with E-state index in [0.29, 0.717) is 0 Å². The van der Waals surface area contributed by atoms with Crippen LogP contribution in [0.1, 0.15) is 17.7 Å². The molecule has 1 aromatic carbocycles. The highest BCUT2D eigenvalue weighted by Crippen LogP contribution is 2.32. The Bertz CT molecular complexity index is 641. The predicted molar refractivity (Wildman–Crippen MR) is 81.4 cm³/mol. The van der Waals surface area contributed by atoms with Crippen LogP contribution in [0.5, 0.6) is 5.75 Å². The van der Waals surface area contributed by atoms with Gasteiger partial charge in [-0.15, -0.1) is 0 Å². The van der Waals surface area contributed by atoms with E-state index in [-0.39, 0.29) is 4.87 Å². The van der Waals surface area contributed by atoms with Gasteiger partial charge in [-0.1, -0.05) is 23.5 Å². The minimum absolute atomic E-state index is 0.0000954. The fraction of sp³-hybridized carbons (Fsp3) is 0.400. The first-order chi connectivity index (χ1) is 9.78. The fourth-order valence-corrected chi connectivity index (χ4v) is 3.57. The third-order valence-electron chi connectivity index (χ3n) is 3.66. The van der Waals surface area contributed by atoms with Gasteiger partial charge in [0.1, 0.15) is 5.75 Å². The minimum atomic E-state index is 0.0000954. The summed E-state index contributed by atoms with van der Waals surface area (Å²) < 4.78 is 5.40. The first-order valence-electron chi connectivity index (χ1n) is 6.85. The van der Waals surface area contributed by atoms with Crippen LogP contribution in [-0.2, 0) is 6.54 Å². The van der Waals surface area contributed by atoms with Gasteiger partial charge in [0, 0.05) is 17.0 Å². The number of hydrogen-bond acceptors (Lipinski definition) is 4. The summed E-state index contributed by atoms with van der Waals surface area (Å²) in [7, 11) is 1.66. The van der Waals surface area contributed by atoms with Gasteiger partial charge in [-0.05, 0) is 38.1 Å². The maximum Gasteiger partial charge on any atom is 0.305 e. The average molecular weight is 290 g/mol. The Labute approximate surface area is 122 Å². The molecule has 3 rings (SSSR count). The molecule has 5 heteroatoms. The second-order valence-electron chi connectivity index (χ2n) is 5.00. The number of para-hydroxylation sites is 1. The summed E-state index contributed by atoms with van der Waals surface area (Å²) in [5.41, 5.74) is 1.87. The monoisotopic (exact) mass is 290 g/mol. The molecular formula is C15H18N2O2S. The molecular weight excluding hydrogens is 272 g/mol. The molecule has 1 saturated heterocycles. The summed E-state index contributed by atoms with van der Waals surface area (Å²) in [6.45, 7) is 3.09. The van der Waals surface area contributed by atoms with E-state index in [9.17, 15) is 4.79 Å². The summed E-state index contributed by atoms with van der Waals surface area (Å²) in [6, 6.07) is 7.82. The van der Waals surface area contributed by atoms with Gasteiger partial charge < -0.3 is 9.72 Å². The Morgan fingerprint density at radius 1 is 1.30 bits per heavy atom. The topological polar surface area (TPSA) is 45.3 Å². The van der Waals surface area contributed by atoms with Crippen LogP contribution in [0.4, 0.5) is 0 Å². The molecule has 0 atom stereocenters. The maximum atomic E-state index is 11.8. The van der Waals surface area contributed by atoms with E-state index < -0.39 is 0 Å². The lowest BCUT2D eigenvalue weighted by atomic mass is 10.1. The highest BCUT2D eigenvalue weighted by molar-refractivity contribution is 7.09. The Balaban J connectivity index is 1.98. The largest absolute Gasteiger partial charge is 0.496 e. The van der Waals surface area contributed by atoms with E-state index in [1.807, 2.05) is 24.3 Å².